The molecule has 0 aliphatic carbocycles. The van der Waals surface area contributed by atoms with E-state index < -0.39 is 0 Å². The Balaban J connectivity index is 2.37. The second kappa shape index (κ2) is 6.94. The molecule has 1 N–H and O–H groups in total. The van der Waals surface area contributed by atoms with Gasteiger partial charge in [0.15, 0.2) is 0 Å². The van der Waals surface area contributed by atoms with Gasteiger partial charge in [0, 0.05) is 12.5 Å². The van der Waals surface area contributed by atoms with Gasteiger partial charge < -0.3 is 10.1 Å². The Kier molecular flexibility index (Phi) is 5.53. The first-order chi connectivity index (χ1) is 8.17. The molecule has 0 saturated heterocycles. The maximum atomic E-state index is 11.6. The number of nitrogens with one attached hydrogen (secondary N) is 1. The highest BCUT2D eigenvalue weighted by molar-refractivity contribution is 5.78. The summed E-state index contributed by atoms with van der Waals surface area (Å²) in [5.74, 6) is 1.09. The minimum atomic E-state index is 0.0975. The molecule has 17 heavy (non-hydrogen) atoms. The summed E-state index contributed by atoms with van der Waals surface area (Å²) < 4.78 is 5.15. The van der Waals surface area contributed by atoms with E-state index in [1.807, 2.05) is 38.1 Å². The summed E-state index contributed by atoms with van der Waals surface area (Å²) in [6.45, 7) is 4.64. The summed E-state index contributed by atoms with van der Waals surface area (Å²) in [7, 11) is 1.66. The van der Waals surface area contributed by atoms with Crippen LogP contribution in [0.5, 0.6) is 5.75 Å². The fourth-order valence-corrected chi connectivity index (χ4v) is 1.52. The number of hydrogen-bond donors (Lipinski definition) is 1. The van der Waals surface area contributed by atoms with E-state index >= 15 is 0 Å². The molecule has 0 heterocycles. The van der Waals surface area contributed by atoms with Crippen LogP contribution in [0.1, 0.15) is 25.8 Å². The summed E-state index contributed by atoms with van der Waals surface area (Å²) in [4.78, 5) is 11.6. The molecule has 1 atom stereocenters. The minimum absolute atomic E-state index is 0.0975. The molecule has 1 amide bonds. The van der Waals surface area contributed by atoms with Crippen LogP contribution in [-0.2, 0) is 11.2 Å². The van der Waals surface area contributed by atoms with Gasteiger partial charge in [-0.15, -0.1) is 0 Å². The van der Waals surface area contributed by atoms with Gasteiger partial charge in [0.1, 0.15) is 5.75 Å². The van der Waals surface area contributed by atoms with Crippen LogP contribution in [0.15, 0.2) is 24.3 Å². The normalized spacial score (nSPS) is 11.9. The van der Waals surface area contributed by atoms with E-state index in [2.05, 4.69) is 5.32 Å². The van der Waals surface area contributed by atoms with E-state index in [0.29, 0.717) is 6.54 Å². The van der Waals surface area contributed by atoms with Gasteiger partial charge in [-0.3, -0.25) is 4.79 Å². The highest BCUT2D eigenvalue weighted by Crippen LogP contribution is 2.12. The van der Waals surface area contributed by atoms with Gasteiger partial charge in [-0.2, -0.15) is 0 Å². The van der Waals surface area contributed by atoms with Crippen LogP contribution in [0.2, 0.25) is 0 Å². The van der Waals surface area contributed by atoms with Crippen molar-refractivity contribution < 1.29 is 9.53 Å². The quantitative estimate of drug-likeness (QED) is 0.822. The second-order valence-electron chi connectivity index (χ2n) is 4.20. The van der Waals surface area contributed by atoms with Crippen molar-refractivity contribution in [1.29, 1.82) is 0 Å². The fourth-order valence-electron chi connectivity index (χ4n) is 1.52. The standard InChI is InChI=1S/C14H21NO2/c1-4-11(2)14(16)15-9-8-12-6-5-7-13(10-12)17-3/h5-7,10-11H,4,8-9H2,1-3H3,(H,15,16). The summed E-state index contributed by atoms with van der Waals surface area (Å²) >= 11 is 0. The Morgan fingerprint density at radius 2 is 2.24 bits per heavy atom. The Morgan fingerprint density at radius 1 is 1.47 bits per heavy atom. The number of methoxy groups -OCH3 is 1. The third-order valence-electron chi connectivity index (χ3n) is 2.91. The van der Waals surface area contributed by atoms with Crippen LogP contribution in [0.25, 0.3) is 0 Å². The van der Waals surface area contributed by atoms with Gasteiger partial charge in [-0.1, -0.05) is 26.0 Å². The lowest BCUT2D eigenvalue weighted by Gasteiger charge is -2.10. The molecule has 0 fully saturated rings. The van der Waals surface area contributed by atoms with Crippen molar-refractivity contribution in [3.8, 4) is 5.75 Å². The van der Waals surface area contributed by atoms with Crippen molar-refractivity contribution in [3.05, 3.63) is 29.8 Å². The molecule has 0 radical (unpaired) electrons. The summed E-state index contributed by atoms with van der Waals surface area (Å²) in [6.07, 6.45) is 1.71. The molecule has 1 unspecified atom stereocenters. The molecule has 0 spiro atoms. The number of benzene rings is 1. The number of ether oxygens (including phenoxy) is 1. The lowest BCUT2D eigenvalue weighted by molar-refractivity contribution is -0.124. The van der Waals surface area contributed by atoms with Crippen molar-refractivity contribution in [2.75, 3.05) is 13.7 Å². The predicted octanol–water partition coefficient (Wildman–Crippen LogP) is 2.40. The van der Waals surface area contributed by atoms with Gasteiger partial charge >= 0.3 is 0 Å². The molecular formula is C14H21NO2. The smallest absolute Gasteiger partial charge is 0.222 e. The zero-order valence-electron chi connectivity index (χ0n) is 10.8. The maximum Gasteiger partial charge on any atom is 0.222 e. The minimum Gasteiger partial charge on any atom is -0.497 e. The SMILES string of the molecule is CCC(C)C(=O)NCCc1cccc(OC)c1. The Hall–Kier alpha value is -1.51. The van der Waals surface area contributed by atoms with Crippen molar-refractivity contribution in [1.82, 2.24) is 5.32 Å². The molecule has 0 aliphatic heterocycles. The Morgan fingerprint density at radius 3 is 2.88 bits per heavy atom. The zero-order valence-corrected chi connectivity index (χ0v) is 10.8. The number of amides is 1. The lowest BCUT2D eigenvalue weighted by atomic mass is 10.1. The molecule has 94 valence electrons. The highest BCUT2D eigenvalue weighted by atomic mass is 16.5. The average Bonchev–Trinajstić information content (AvgIpc) is 2.37. The zero-order chi connectivity index (χ0) is 12.7. The van der Waals surface area contributed by atoms with E-state index in [9.17, 15) is 4.79 Å². The topological polar surface area (TPSA) is 38.3 Å². The monoisotopic (exact) mass is 235 g/mol. The van der Waals surface area contributed by atoms with E-state index in [4.69, 9.17) is 4.74 Å². The molecule has 0 aliphatic rings. The van der Waals surface area contributed by atoms with Crippen molar-refractivity contribution in [2.45, 2.75) is 26.7 Å². The van der Waals surface area contributed by atoms with E-state index in [-0.39, 0.29) is 11.8 Å². The van der Waals surface area contributed by atoms with Crippen LogP contribution < -0.4 is 10.1 Å². The first kappa shape index (κ1) is 13.6. The van der Waals surface area contributed by atoms with Crippen LogP contribution in [0, 0.1) is 5.92 Å². The van der Waals surface area contributed by atoms with Gasteiger partial charge in [0.2, 0.25) is 5.91 Å². The highest BCUT2D eigenvalue weighted by Gasteiger charge is 2.08. The third kappa shape index (κ3) is 4.47. The molecule has 3 nitrogen and oxygen atoms in total. The fraction of sp³-hybridized carbons (Fsp3) is 0.500. The second-order valence-corrected chi connectivity index (χ2v) is 4.20. The predicted molar refractivity (Wildman–Crippen MR) is 69.2 cm³/mol. The lowest BCUT2D eigenvalue weighted by Crippen LogP contribution is -2.30. The Labute approximate surface area is 103 Å². The van der Waals surface area contributed by atoms with E-state index in [1.54, 1.807) is 7.11 Å². The summed E-state index contributed by atoms with van der Waals surface area (Å²) in [5, 5.41) is 2.94. The molecule has 0 saturated carbocycles. The first-order valence-electron chi connectivity index (χ1n) is 6.08. The molecule has 0 bridgehead atoms. The van der Waals surface area contributed by atoms with E-state index in [1.165, 1.54) is 5.56 Å². The molecular weight excluding hydrogens is 214 g/mol. The molecule has 0 aromatic heterocycles. The largest absolute Gasteiger partial charge is 0.497 e. The van der Waals surface area contributed by atoms with Crippen LogP contribution in [0.3, 0.4) is 0 Å². The molecule has 1 rings (SSSR count). The van der Waals surface area contributed by atoms with E-state index in [0.717, 1.165) is 18.6 Å². The van der Waals surface area contributed by atoms with Gasteiger partial charge in [0.05, 0.1) is 7.11 Å². The number of rotatable bonds is 6. The number of hydrogen-bond acceptors (Lipinski definition) is 2. The third-order valence-corrected chi connectivity index (χ3v) is 2.91. The first-order valence-corrected chi connectivity index (χ1v) is 6.08. The molecule has 1 aromatic carbocycles. The molecule has 1 aromatic rings. The number of carbonyl (C=O) groups excluding carboxylic acids is 1. The van der Waals surface area contributed by atoms with Crippen molar-refractivity contribution in [2.24, 2.45) is 5.92 Å². The summed E-state index contributed by atoms with van der Waals surface area (Å²) in [5.41, 5.74) is 1.17. The van der Waals surface area contributed by atoms with Crippen LogP contribution in [0.4, 0.5) is 0 Å². The van der Waals surface area contributed by atoms with Crippen molar-refractivity contribution in [3.63, 3.8) is 0 Å². The Bertz CT molecular complexity index is 363. The average molecular weight is 235 g/mol. The number of carbonyl (C=O) groups is 1. The maximum absolute atomic E-state index is 11.6. The molecule has 3 heteroatoms. The van der Waals surface area contributed by atoms with Crippen molar-refractivity contribution >= 4 is 5.91 Å². The van der Waals surface area contributed by atoms with Crippen LogP contribution >= 0.6 is 0 Å². The van der Waals surface area contributed by atoms with Gasteiger partial charge in [0.25, 0.3) is 0 Å². The summed E-state index contributed by atoms with van der Waals surface area (Å²) in [6, 6.07) is 7.92. The van der Waals surface area contributed by atoms with Gasteiger partial charge in [-0.05, 0) is 30.5 Å². The van der Waals surface area contributed by atoms with Crippen LogP contribution in [-0.4, -0.2) is 19.6 Å². The van der Waals surface area contributed by atoms with Gasteiger partial charge in [-0.25, -0.2) is 0 Å².